The second-order valence-corrected chi connectivity index (χ2v) is 8.98. The van der Waals surface area contributed by atoms with E-state index in [0.717, 1.165) is 76.1 Å². The van der Waals surface area contributed by atoms with Crippen molar-refractivity contribution in [2.75, 3.05) is 52.9 Å². The van der Waals surface area contributed by atoms with Crippen molar-refractivity contribution in [2.24, 2.45) is 4.99 Å². The molecule has 1 aliphatic carbocycles. The predicted octanol–water partition coefficient (Wildman–Crippen LogP) is 3.94. The van der Waals surface area contributed by atoms with E-state index >= 15 is 0 Å². The molecule has 0 bridgehead atoms. The summed E-state index contributed by atoms with van der Waals surface area (Å²) in [4.78, 5) is 9.61. The molecule has 3 rings (SSSR count). The molecule has 0 radical (unpaired) electrons. The lowest BCUT2D eigenvalue weighted by Gasteiger charge is -2.41. The van der Waals surface area contributed by atoms with E-state index in [0.29, 0.717) is 12.6 Å². The largest absolute Gasteiger partial charge is 0.416 e. The van der Waals surface area contributed by atoms with E-state index in [2.05, 4.69) is 34.4 Å². The Kier molecular flexibility index (Phi) is 10.1. The predicted molar refractivity (Wildman–Crippen MR) is 135 cm³/mol. The maximum absolute atomic E-state index is 13.2. The maximum Gasteiger partial charge on any atom is 0.416 e. The van der Waals surface area contributed by atoms with Crippen LogP contribution in [0.25, 0.3) is 0 Å². The molecule has 0 amide bonds. The zero-order chi connectivity index (χ0) is 22.5. The summed E-state index contributed by atoms with van der Waals surface area (Å²) in [7, 11) is 2.15. The van der Waals surface area contributed by atoms with Gasteiger partial charge >= 0.3 is 6.18 Å². The van der Waals surface area contributed by atoms with Gasteiger partial charge < -0.3 is 15.5 Å². The fraction of sp³-hybridized carbons (Fsp3) is 0.696. The molecule has 1 aromatic rings. The highest BCUT2D eigenvalue weighted by Crippen LogP contribution is 2.45. The van der Waals surface area contributed by atoms with E-state index in [1.807, 2.05) is 13.0 Å². The molecule has 1 atom stereocenters. The van der Waals surface area contributed by atoms with Crippen molar-refractivity contribution in [3.63, 3.8) is 0 Å². The van der Waals surface area contributed by atoms with Gasteiger partial charge in [-0.05, 0) is 45.4 Å². The Morgan fingerprint density at radius 2 is 1.84 bits per heavy atom. The van der Waals surface area contributed by atoms with Gasteiger partial charge in [-0.15, -0.1) is 24.0 Å². The monoisotopic (exact) mass is 567 g/mol. The summed E-state index contributed by atoms with van der Waals surface area (Å²) in [5.41, 5.74) is -0.127. The average Bonchev–Trinajstić information content (AvgIpc) is 2.71. The Morgan fingerprint density at radius 3 is 2.41 bits per heavy atom. The highest BCUT2D eigenvalue weighted by molar-refractivity contribution is 14.0. The molecule has 1 unspecified atom stereocenters. The van der Waals surface area contributed by atoms with E-state index in [1.165, 1.54) is 12.1 Å². The first-order chi connectivity index (χ1) is 14.7. The second-order valence-electron chi connectivity index (χ2n) is 8.98. The Balaban J connectivity index is 0.00000363. The van der Waals surface area contributed by atoms with Crippen LogP contribution in [0.15, 0.2) is 29.3 Å². The van der Waals surface area contributed by atoms with Crippen LogP contribution in [0.3, 0.4) is 0 Å². The summed E-state index contributed by atoms with van der Waals surface area (Å²) < 4.78 is 39.6. The minimum atomic E-state index is -4.32. The number of hydrogen-bond acceptors (Lipinski definition) is 3. The summed E-state index contributed by atoms with van der Waals surface area (Å²) in [5, 5.41) is 6.73. The lowest BCUT2D eigenvalue weighted by molar-refractivity contribution is -0.137. The van der Waals surface area contributed by atoms with Gasteiger partial charge in [0.1, 0.15) is 0 Å². The molecule has 1 aliphatic heterocycles. The Bertz CT molecular complexity index is 743. The molecular formula is C23H37F3IN5. The van der Waals surface area contributed by atoms with E-state index in [1.54, 1.807) is 0 Å². The molecule has 9 heteroatoms. The number of guanidine groups is 1. The summed E-state index contributed by atoms with van der Waals surface area (Å²) in [6.45, 7) is 10.5. The van der Waals surface area contributed by atoms with E-state index in [4.69, 9.17) is 4.99 Å². The standard InChI is InChI=1S/C23H36F3N5.HI/c1-4-27-21(28-16-18(2)31-13-11-30(3)12-14-31)29-17-22(9-6-10-22)19-7-5-8-20(15-19)23(24,25)26;/h5,7-8,15,18H,4,6,9-14,16-17H2,1-3H3,(H2,27,28,29);1H. The van der Waals surface area contributed by atoms with Gasteiger partial charge in [-0.3, -0.25) is 9.89 Å². The van der Waals surface area contributed by atoms with Crippen molar-refractivity contribution < 1.29 is 13.2 Å². The fourth-order valence-corrected chi connectivity index (χ4v) is 4.38. The van der Waals surface area contributed by atoms with Crippen molar-refractivity contribution >= 4 is 29.9 Å². The molecule has 2 N–H and O–H groups in total. The third kappa shape index (κ3) is 6.96. The van der Waals surface area contributed by atoms with Gasteiger partial charge in [-0.2, -0.15) is 13.2 Å². The summed E-state index contributed by atoms with van der Waals surface area (Å²) in [6, 6.07) is 6.18. The second kappa shape index (κ2) is 11.9. The molecule has 1 saturated heterocycles. The highest BCUT2D eigenvalue weighted by atomic mass is 127. The van der Waals surface area contributed by atoms with E-state index in [-0.39, 0.29) is 29.4 Å². The van der Waals surface area contributed by atoms with Crippen LogP contribution in [0.4, 0.5) is 13.2 Å². The first-order valence-electron chi connectivity index (χ1n) is 11.4. The Hall–Kier alpha value is -1.07. The highest BCUT2D eigenvalue weighted by Gasteiger charge is 2.40. The number of piperazine rings is 1. The lowest BCUT2D eigenvalue weighted by Crippen LogP contribution is -2.52. The number of halogens is 4. The van der Waals surface area contributed by atoms with Crippen molar-refractivity contribution in [3.8, 4) is 0 Å². The van der Waals surface area contributed by atoms with Crippen molar-refractivity contribution in [1.29, 1.82) is 0 Å². The number of nitrogens with one attached hydrogen (secondary N) is 2. The normalized spacial score (nSPS) is 20.8. The zero-order valence-electron chi connectivity index (χ0n) is 19.3. The van der Waals surface area contributed by atoms with Crippen LogP contribution >= 0.6 is 24.0 Å². The van der Waals surface area contributed by atoms with Crippen LogP contribution in [0, 0.1) is 0 Å². The quantitative estimate of drug-likeness (QED) is 0.298. The molecule has 182 valence electrons. The van der Waals surface area contributed by atoms with Crippen LogP contribution in [0.2, 0.25) is 0 Å². The molecule has 1 aromatic carbocycles. The number of hydrogen-bond donors (Lipinski definition) is 2. The SMILES string of the molecule is CCNC(=NCC1(c2cccc(C(F)(F)F)c2)CCC1)NCC(C)N1CCN(C)CC1.I. The van der Waals surface area contributed by atoms with Crippen LogP contribution in [0.1, 0.15) is 44.2 Å². The average molecular weight is 567 g/mol. The van der Waals surface area contributed by atoms with Gasteiger partial charge in [0.25, 0.3) is 0 Å². The van der Waals surface area contributed by atoms with Crippen LogP contribution in [-0.4, -0.2) is 74.7 Å². The van der Waals surface area contributed by atoms with Crippen molar-refractivity contribution in [3.05, 3.63) is 35.4 Å². The number of alkyl halides is 3. The third-order valence-corrected chi connectivity index (χ3v) is 6.72. The molecule has 1 saturated carbocycles. The van der Waals surface area contributed by atoms with Crippen LogP contribution in [0.5, 0.6) is 0 Å². The van der Waals surface area contributed by atoms with E-state index in [9.17, 15) is 13.2 Å². The van der Waals surface area contributed by atoms with Gasteiger partial charge in [0.15, 0.2) is 5.96 Å². The zero-order valence-corrected chi connectivity index (χ0v) is 21.7. The summed E-state index contributed by atoms with van der Waals surface area (Å²) in [5.74, 6) is 0.738. The Morgan fingerprint density at radius 1 is 1.16 bits per heavy atom. The van der Waals surface area contributed by atoms with Crippen molar-refractivity contribution in [2.45, 2.75) is 50.7 Å². The molecule has 2 fully saturated rings. The number of aliphatic imine (C=N–C) groups is 1. The minimum Gasteiger partial charge on any atom is -0.357 e. The third-order valence-electron chi connectivity index (χ3n) is 6.72. The number of likely N-dealkylation sites (N-methyl/N-ethyl adjacent to an activating group) is 1. The van der Waals surface area contributed by atoms with Crippen LogP contribution < -0.4 is 10.6 Å². The first-order valence-corrected chi connectivity index (χ1v) is 11.4. The molecular weight excluding hydrogens is 530 g/mol. The molecule has 1 heterocycles. The van der Waals surface area contributed by atoms with Gasteiger partial charge in [-0.25, -0.2) is 0 Å². The topological polar surface area (TPSA) is 42.9 Å². The molecule has 2 aliphatic rings. The number of nitrogens with zero attached hydrogens (tertiary/aromatic N) is 3. The van der Waals surface area contributed by atoms with Crippen LogP contribution in [-0.2, 0) is 11.6 Å². The smallest absolute Gasteiger partial charge is 0.357 e. The fourth-order valence-electron chi connectivity index (χ4n) is 4.38. The maximum atomic E-state index is 13.2. The van der Waals surface area contributed by atoms with Crippen molar-refractivity contribution in [1.82, 2.24) is 20.4 Å². The van der Waals surface area contributed by atoms with Gasteiger partial charge in [0, 0.05) is 50.7 Å². The van der Waals surface area contributed by atoms with Gasteiger partial charge in [-0.1, -0.05) is 24.6 Å². The lowest BCUT2D eigenvalue weighted by atomic mass is 9.64. The summed E-state index contributed by atoms with van der Waals surface area (Å²) >= 11 is 0. The van der Waals surface area contributed by atoms with E-state index < -0.39 is 11.7 Å². The number of benzene rings is 1. The van der Waals surface area contributed by atoms with Gasteiger partial charge in [0.2, 0.25) is 0 Å². The number of rotatable bonds is 7. The molecule has 0 spiro atoms. The van der Waals surface area contributed by atoms with Gasteiger partial charge in [0.05, 0.1) is 12.1 Å². The molecule has 5 nitrogen and oxygen atoms in total. The minimum absolute atomic E-state index is 0. The Labute approximate surface area is 207 Å². The summed E-state index contributed by atoms with van der Waals surface area (Å²) in [6.07, 6.45) is -1.56. The first kappa shape index (κ1) is 27.2. The molecule has 0 aromatic heterocycles. The molecule has 32 heavy (non-hydrogen) atoms.